The second-order valence-electron chi connectivity index (χ2n) is 8.80. The first-order valence-corrected chi connectivity index (χ1v) is 11.4. The van der Waals surface area contributed by atoms with E-state index in [0.29, 0.717) is 0 Å². The summed E-state index contributed by atoms with van der Waals surface area (Å²) in [4.78, 5) is 12.9. The Hall–Kier alpha value is -3.51. The molecule has 4 aromatic heterocycles. The Morgan fingerprint density at radius 2 is 1.88 bits per heavy atom. The summed E-state index contributed by atoms with van der Waals surface area (Å²) in [6.45, 7) is 1.93. The van der Waals surface area contributed by atoms with E-state index in [1.54, 1.807) is 0 Å². The summed E-state index contributed by atoms with van der Waals surface area (Å²) in [5, 5.41) is 12.4. The van der Waals surface area contributed by atoms with Gasteiger partial charge in [-0.15, -0.1) is 0 Å². The van der Waals surface area contributed by atoms with Crippen LogP contribution >= 0.6 is 0 Å². The first-order chi connectivity index (χ1) is 15.8. The van der Waals surface area contributed by atoms with Crippen molar-refractivity contribution in [3.63, 3.8) is 0 Å². The molecular formula is C26H26N6. The molecule has 0 unspecified atom stereocenters. The molecule has 0 amide bonds. The number of benzene rings is 1. The number of hydrogen-bond acceptors (Lipinski definition) is 4. The summed E-state index contributed by atoms with van der Waals surface area (Å²) in [7, 11) is 0. The molecule has 3 N–H and O–H groups in total. The van der Waals surface area contributed by atoms with Crippen molar-refractivity contribution in [2.24, 2.45) is 5.92 Å². The minimum Gasteiger partial charge on any atom is -0.353 e. The van der Waals surface area contributed by atoms with E-state index in [2.05, 4.69) is 49.7 Å². The molecule has 0 saturated heterocycles. The molecule has 1 aromatic carbocycles. The van der Waals surface area contributed by atoms with Gasteiger partial charge in [0.05, 0.1) is 16.9 Å². The number of para-hydroxylation sites is 1. The molecule has 5 aromatic rings. The van der Waals surface area contributed by atoms with E-state index < -0.39 is 0 Å². The third-order valence-electron chi connectivity index (χ3n) is 6.52. The lowest BCUT2D eigenvalue weighted by Crippen LogP contribution is -2.20. The van der Waals surface area contributed by atoms with Crippen LogP contribution in [0.3, 0.4) is 0 Å². The second-order valence-corrected chi connectivity index (χ2v) is 8.80. The predicted molar refractivity (Wildman–Crippen MR) is 128 cm³/mol. The van der Waals surface area contributed by atoms with Gasteiger partial charge < -0.3 is 10.3 Å². The van der Waals surface area contributed by atoms with E-state index >= 15 is 0 Å². The number of hydrogen-bond donors (Lipinski definition) is 3. The lowest BCUT2D eigenvalue weighted by molar-refractivity contribution is 0.489. The summed E-state index contributed by atoms with van der Waals surface area (Å²) >= 11 is 0. The van der Waals surface area contributed by atoms with E-state index in [0.717, 1.165) is 63.6 Å². The van der Waals surface area contributed by atoms with Crippen LogP contribution in [0.25, 0.3) is 44.6 Å². The Bertz CT molecular complexity index is 1340. The zero-order valence-electron chi connectivity index (χ0n) is 17.9. The Morgan fingerprint density at radius 3 is 2.78 bits per heavy atom. The van der Waals surface area contributed by atoms with Gasteiger partial charge in [0.15, 0.2) is 0 Å². The predicted octanol–water partition coefficient (Wildman–Crippen LogP) is 5.45. The van der Waals surface area contributed by atoms with Gasteiger partial charge >= 0.3 is 0 Å². The number of fused-ring (bicyclic) bond motifs is 2. The van der Waals surface area contributed by atoms with Crippen LogP contribution in [-0.2, 0) is 6.54 Å². The monoisotopic (exact) mass is 422 g/mol. The Kier molecular flexibility index (Phi) is 4.92. The molecule has 0 bridgehead atoms. The largest absolute Gasteiger partial charge is 0.353 e. The molecule has 6 heteroatoms. The number of rotatable bonds is 6. The normalized spacial score (nSPS) is 14.6. The van der Waals surface area contributed by atoms with Crippen LogP contribution in [0.5, 0.6) is 0 Å². The van der Waals surface area contributed by atoms with E-state index in [1.807, 2.05) is 36.7 Å². The van der Waals surface area contributed by atoms with Crippen LogP contribution < -0.4 is 5.32 Å². The highest BCUT2D eigenvalue weighted by Gasteiger charge is 2.15. The summed E-state index contributed by atoms with van der Waals surface area (Å²) in [5.41, 5.74) is 7.79. The number of H-pyrrole nitrogens is 2. The number of nitrogens with zero attached hydrogens (tertiary/aromatic N) is 3. The molecule has 32 heavy (non-hydrogen) atoms. The van der Waals surface area contributed by atoms with Gasteiger partial charge in [0.25, 0.3) is 0 Å². The van der Waals surface area contributed by atoms with Crippen molar-refractivity contribution in [1.82, 2.24) is 30.5 Å². The average molecular weight is 423 g/mol. The second kappa shape index (κ2) is 8.20. The van der Waals surface area contributed by atoms with Crippen LogP contribution in [0.15, 0.2) is 60.9 Å². The van der Waals surface area contributed by atoms with Gasteiger partial charge in [-0.3, -0.25) is 10.1 Å². The SMILES string of the molecule is c1ccc2[nH]c(-c3n[nH]c4ccc(-c5cncc(CNCC6CCCC6)c5)nc34)cc2c1. The molecule has 6 rings (SSSR count). The summed E-state index contributed by atoms with van der Waals surface area (Å²) in [5.74, 6) is 0.833. The number of pyridine rings is 2. The van der Waals surface area contributed by atoms with Crippen LogP contribution in [0, 0.1) is 5.92 Å². The standard InChI is InChI=1S/C26H26N6/c1-2-6-17(5-1)13-27-14-18-11-20(16-28-15-18)22-9-10-23-25(30-22)26(32-31-23)24-12-19-7-3-4-8-21(19)29-24/h3-4,7-12,15-17,27,29H,1-2,5-6,13-14H2,(H,31,32). The van der Waals surface area contributed by atoms with Gasteiger partial charge in [-0.1, -0.05) is 31.0 Å². The lowest BCUT2D eigenvalue weighted by Gasteiger charge is -2.11. The molecule has 1 fully saturated rings. The van der Waals surface area contributed by atoms with Crippen molar-refractivity contribution in [3.05, 3.63) is 66.5 Å². The lowest BCUT2D eigenvalue weighted by atomic mass is 10.1. The van der Waals surface area contributed by atoms with Crippen LogP contribution in [0.4, 0.5) is 0 Å². The zero-order valence-corrected chi connectivity index (χ0v) is 17.9. The molecule has 1 saturated carbocycles. The van der Waals surface area contributed by atoms with E-state index in [-0.39, 0.29) is 0 Å². The van der Waals surface area contributed by atoms with Crippen molar-refractivity contribution < 1.29 is 0 Å². The topological polar surface area (TPSA) is 82.3 Å². The zero-order chi connectivity index (χ0) is 21.3. The van der Waals surface area contributed by atoms with Gasteiger partial charge in [0, 0.05) is 35.4 Å². The number of aromatic nitrogens is 5. The van der Waals surface area contributed by atoms with Crippen LogP contribution in [0.1, 0.15) is 31.2 Å². The van der Waals surface area contributed by atoms with E-state index in [1.165, 1.54) is 31.2 Å². The molecule has 160 valence electrons. The summed E-state index contributed by atoms with van der Waals surface area (Å²) < 4.78 is 0. The van der Waals surface area contributed by atoms with Crippen molar-refractivity contribution >= 4 is 21.9 Å². The maximum Gasteiger partial charge on any atom is 0.135 e. The Balaban J connectivity index is 1.28. The van der Waals surface area contributed by atoms with Gasteiger partial charge in [-0.05, 0) is 61.2 Å². The molecule has 4 heterocycles. The number of aromatic amines is 2. The van der Waals surface area contributed by atoms with Gasteiger partial charge in [-0.2, -0.15) is 5.10 Å². The van der Waals surface area contributed by atoms with E-state index in [4.69, 9.17) is 4.98 Å². The average Bonchev–Trinajstić information content (AvgIpc) is 3.58. The van der Waals surface area contributed by atoms with Gasteiger partial charge in [0.1, 0.15) is 11.2 Å². The third-order valence-corrected chi connectivity index (χ3v) is 6.52. The Morgan fingerprint density at radius 1 is 0.969 bits per heavy atom. The highest BCUT2D eigenvalue weighted by atomic mass is 15.1. The van der Waals surface area contributed by atoms with Crippen molar-refractivity contribution in [3.8, 4) is 22.6 Å². The fourth-order valence-electron chi connectivity index (χ4n) is 4.81. The van der Waals surface area contributed by atoms with Gasteiger partial charge in [0.2, 0.25) is 0 Å². The van der Waals surface area contributed by atoms with Crippen molar-refractivity contribution in [1.29, 1.82) is 0 Å². The third kappa shape index (κ3) is 3.67. The molecule has 0 atom stereocenters. The van der Waals surface area contributed by atoms with Crippen molar-refractivity contribution in [2.75, 3.05) is 6.54 Å². The molecule has 0 radical (unpaired) electrons. The van der Waals surface area contributed by atoms with Crippen LogP contribution in [0.2, 0.25) is 0 Å². The molecule has 6 nitrogen and oxygen atoms in total. The Labute approximate surface area is 186 Å². The summed E-state index contributed by atoms with van der Waals surface area (Å²) in [6, 6.07) is 16.6. The van der Waals surface area contributed by atoms with E-state index in [9.17, 15) is 0 Å². The minimum absolute atomic E-state index is 0.833. The van der Waals surface area contributed by atoms with Gasteiger partial charge in [-0.25, -0.2) is 4.98 Å². The molecule has 0 aliphatic heterocycles. The first kappa shape index (κ1) is 19.2. The van der Waals surface area contributed by atoms with Crippen molar-refractivity contribution in [2.45, 2.75) is 32.2 Å². The maximum absolute atomic E-state index is 4.96. The fraction of sp³-hybridized carbons (Fsp3) is 0.269. The maximum atomic E-state index is 4.96. The smallest absolute Gasteiger partial charge is 0.135 e. The molecule has 1 aliphatic carbocycles. The minimum atomic E-state index is 0.833. The first-order valence-electron chi connectivity index (χ1n) is 11.4. The quantitative estimate of drug-likeness (QED) is 0.340. The summed E-state index contributed by atoms with van der Waals surface area (Å²) in [6.07, 6.45) is 9.31. The molecular weight excluding hydrogens is 396 g/mol. The van der Waals surface area contributed by atoms with Crippen LogP contribution in [-0.4, -0.2) is 31.7 Å². The molecule has 0 spiro atoms. The molecule has 1 aliphatic rings. The fourth-order valence-corrected chi connectivity index (χ4v) is 4.81. The highest BCUT2D eigenvalue weighted by Crippen LogP contribution is 2.29. The highest BCUT2D eigenvalue weighted by molar-refractivity contribution is 5.94. The number of nitrogens with one attached hydrogen (secondary N) is 3.